The van der Waals surface area contributed by atoms with Crippen molar-refractivity contribution in [2.75, 3.05) is 27.7 Å². The van der Waals surface area contributed by atoms with Crippen LogP contribution in [0.4, 0.5) is 0 Å². The Morgan fingerprint density at radius 2 is 1.19 bits per heavy atom. The molecule has 0 fully saturated rings. The molecule has 0 amide bonds. The van der Waals surface area contributed by atoms with Crippen LogP contribution >= 0.6 is 0 Å². The van der Waals surface area contributed by atoms with Crippen LogP contribution in [-0.4, -0.2) is 99.4 Å². The van der Waals surface area contributed by atoms with E-state index in [-0.39, 0.29) is 11.0 Å². The van der Waals surface area contributed by atoms with Gasteiger partial charge in [0.25, 0.3) is 11.2 Å². The summed E-state index contributed by atoms with van der Waals surface area (Å²) in [6.07, 6.45) is -2.20. The standard InChI is InChI=1S/C25H27NO10/c1-26(2,3)15-18(14-19(27)28)36-23(33)25(35,21(30)17-12-8-5-9-13-17)24(34,22(31)32)20(29)16-10-6-4-7-11-16/h4-13,18,34-35H,14-15H2,1-3H3,(H-,27,28,31,32)/p+1/t18-,24?,25?/m0/s1. The van der Waals surface area contributed by atoms with Crippen LogP contribution in [-0.2, 0) is 19.1 Å². The van der Waals surface area contributed by atoms with Crippen LogP contribution in [0.1, 0.15) is 27.1 Å². The molecular formula is C25H28NO10+. The average molecular weight is 502 g/mol. The third-order valence-corrected chi connectivity index (χ3v) is 5.29. The first-order valence-electron chi connectivity index (χ1n) is 10.8. The summed E-state index contributed by atoms with van der Waals surface area (Å²) in [6.45, 7) is -0.119. The molecule has 36 heavy (non-hydrogen) atoms. The van der Waals surface area contributed by atoms with Crippen LogP contribution in [0.25, 0.3) is 0 Å². The monoisotopic (exact) mass is 502 g/mol. The van der Waals surface area contributed by atoms with Gasteiger partial charge in [0, 0.05) is 11.1 Å². The maximum Gasteiger partial charge on any atom is 0.351 e. The number of esters is 1. The van der Waals surface area contributed by atoms with E-state index < -0.39 is 64.3 Å². The molecule has 0 aromatic heterocycles. The molecule has 0 aliphatic carbocycles. The molecule has 0 saturated heterocycles. The van der Waals surface area contributed by atoms with Gasteiger partial charge >= 0.3 is 17.9 Å². The van der Waals surface area contributed by atoms with E-state index in [9.17, 15) is 44.4 Å². The lowest BCUT2D eigenvalue weighted by molar-refractivity contribution is -0.873. The highest BCUT2D eigenvalue weighted by Gasteiger charge is 2.70. The van der Waals surface area contributed by atoms with E-state index in [0.29, 0.717) is 0 Å². The van der Waals surface area contributed by atoms with Crippen LogP contribution in [0, 0.1) is 0 Å². The lowest BCUT2D eigenvalue weighted by Gasteiger charge is -2.37. The number of quaternary nitrogens is 1. The fourth-order valence-electron chi connectivity index (χ4n) is 3.60. The zero-order valence-electron chi connectivity index (χ0n) is 20.0. The van der Waals surface area contributed by atoms with E-state index >= 15 is 0 Å². The molecule has 0 bridgehead atoms. The van der Waals surface area contributed by atoms with E-state index in [0.717, 1.165) is 24.3 Å². The van der Waals surface area contributed by atoms with Crippen LogP contribution in [0.2, 0.25) is 0 Å². The SMILES string of the molecule is C[N+](C)(C)C[C@H](CC(=O)O)OC(=O)C(O)(C(=O)c1ccccc1)C(O)(C(=O)O)C(=O)c1ccccc1. The molecule has 0 spiro atoms. The third-order valence-electron chi connectivity index (χ3n) is 5.29. The van der Waals surface area contributed by atoms with E-state index in [1.807, 2.05) is 0 Å². The van der Waals surface area contributed by atoms with Gasteiger partial charge in [0.15, 0.2) is 6.10 Å². The number of benzene rings is 2. The predicted octanol–water partition coefficient (Wildman–Crippen LogP) is 0.392. The van der Waals surface area contributed by atoms with E-state index in [1.54, 1.807) is 21.1 Å². The summed E-state index contributed by atoms with van der Waals surface area (Å²) in [5.41, 5.74) is -8.82. The van der Waals surface area contributed by atoms with E-state index in [4.69, 9.17) is 4.74 Å². The van der Waals surface area contributed by atoms with Gasteiger partial charge in [-0.15, -0.1) is 0 Å². The first-order chi connectivity index (χ1) is 16.6. The Hall–Kier alpha value is -3.93. The molecule has 0 heterocycles. The number of carbonyl (C=O) groups excluding carboxylic acids is 3. The van der Waals surface area contributed by atoms with Gasteiger partial charge in [-0.25, -0.2) is 9.59 Å². The highest BCUT2D eigenvalue weighted by Crippen LogP contribution is 2.33. The van der Waals surface area contributed by atoms with Crippen molar-refractivity contribution in [2.24, 2.45) is 0 Å². The number of rotatable bonds is 12. The number of hydrogen-bond acceptors (Lipinski definition) is 8. The van der Waals surface area contributed by atoms with Crippen molar-refractivity contribution in [2.45, 2.75) is 23.7 Å². The molecule has 192 valence electrons. The number of ether oxygens (including phenoxy) is 1. The van der Waals surface area contributed by atoms with Gasteiger partial charge in [0.2, 0.25) is 11.6 Å². The molecular weight excluding hydrogens is 474 g/mol. The van der Waals surface area contributed by atoms with Crippen LogP contribution < -0.4 is 0 Å². The number of ketones is 2. The first-order valence-corrected chi connectivity index (χ1v) is 10.8. The van der Waals surface area contributed by atoms with Crippen molar-refractivity contribution in [1.82, 2.24) is 0 Å². The summed E-state index contributed by atoms with van der Waals surface area (Å²) in [5.74, 6) is -9.03. The summed E-state index contributed by atoms with van der Waals surface area (Å²) in [7, 11) is 4.95. The summed E-state index contributed by atoms with van der Waals surface area (Å²) < 4.78 is 5.23. The molecule has 0 saturated carbocycles. The van der Waals surface area contributed by atoms with Crippen molar-refractivity contribution >= 4 is 29.5 Å². The molecule has 2 aromatic carbocycles. The number of carboxylic acids is 2. The minimum atomic E-state index is -4.03. The molecule has 0 aliphatic rings. The third kappa shape index (κ3) is 5.82. The lowest BCUT2D eigenvalue weighted by atomic mass is 9.73. The van der Waals surface area contributed by atoms with E-state index in [1.165, 1.54) is 36.4 Å². The number of hydrogen-bond donors (Lipinski definition) is 4. The maximum atomic E-state index is 13.4. The number of aliphatic carboxylic acids is 2. The molecule has 3 atom stereocenters. The smallest absolute Gasteiger partial charge is 0.351 e. The van der Waals surface area contributed by atoms with Crippen LogP contribution in [0.15, 0.2) is 60.7 Å². The number of Topliss-reactive ketones (excluding diaryl/α,β-unsaturated/α-hetero) is 2. The Bertz CT molecular complexity index is 1140. The van der Waals surface area contributed by atoms with Crippen molar-refractivity contribution in [1.29, 1.82) is 0 Å². The molecule has 2 aromatic rings. The second kappa shape index (κ2) is 10.8. The van der Waals surface area contributed by atoms with Crippen LogP contribution in [0.3, 0.4) is 0 Å². The van der Waals surface area contributed by atoms with Crippen molar-refractivity contribution in [3.8, 4) is 0 Å². The summed E-state index contributed by atoms with van der Waals surface area (Å²) in [4.78, 5) is 63.7. The lowest BCUT2D eigenvalue weighted by Crippen LogP contribution is -2.72. The van der Waals surface area contributed by atoms with Crippen molar-refractivity contribution < 1.29 is 53.6 Å². The van der Waals surface area contributed by atoms with Gasteiger partial charge in [-0.05, 0) is 0 Å². The molecule has 11 heteroatoms. The summed E-state index contributed by atoms with van der Waals surface area (Å²) >= 11 is 0. The number of nitrogens with zero attached hydrogens (tertiary/aromatic N) is 1. The Kier molecular flexibility index (Phi) is 8.47. The molecule has 2 rings (SSSR count). The fourth-order valence-corrected chi connectivity index (χ4v) is 3.60. The Morgan fingerprint density at radius 3 is 1.56 bits per heavy atom. The summed E-state index contributed by atoms with van der Waals surface area (Å²) in [5, 5.41) is 41.9. The van der Waals surface area contributed by atoms with E-state index in [2.05, 4.69) is 0 Å². The Labute approximate surface area is 206 Å². The Morgan fingerprint density at radius 1 is 0.778 bits per heavy atom. The number of likely N-dealkylation sites (N-methyl/N-ethyl adjacent to an activating group) is 1. The highest BCUT2D eigenvalue weighted by molar-refractivity contribution is 6.28. The molecule has 0 aliphatic heterocycles. The summed E-state index contributed by atoms with van der Waals surface area (Å²) in [6, 6.07) is 12.9. The van der Waals surface area contributed by atoms with Gasteiger partial charge in [0.1, 0.15) is 6.54 Å². The zero-order valence-corrected chi connectivity index (χ0v) is 20.0. The minimum Gasteiger partial charge on any atom is -0.481 e. The van der Waals surface area contributed by atoms with Gasteiger partial charge in [-0.1, -0.05) is 60.7 Å². The predicted molar refractivity (Wildman–Crippen MR) is 124 cm³/mol. The first kappa shape index (κ1) is 28.3. The van der Waals surface area contributed by atoms with Crippen molar-refractivity contribution in [3.05, 3.63) is 71.8 Å². The average Bonchev–Trinajstić information content (AvgIpc) is 2.81. The number of carbonyl (C=O) groups is 5. The second-order valence-corrected chi connectivity index (χ2v) is 9.21. The largest absolute Gasteiger partial charge is 0.481 e. The topological polar surface area (TPSA) is 176 Å². The van der Waals surface area contributed by atoms with Gasteiger partial charge in [0.05, 0.1) is 27.6 Å². The molecule has 11 nitrogen and oxygen atoms in total. The molecule has 0 radical (unpaired) electrons. The highest BCUT2D eigenvalue weighted by atomic mass is 16.6. The second-order valence-electron chi connectivity index (χ2n) is 9.21. The van der Waals surface area contributed by atoms with Crippen LogP contribution in [0.5, 0.6) is 0 Å². The quantitative estimate of drug-likeness (QED) is 0.137. The Balaban J connectivity index is 2.72. The van der Waals surface area contributed by atoms with Gasteiger partial charge < -0.3 is 29.6 Å². The molecule has 4 N–H and O–H groups in total. The fraction of sp³-hybridized carbons (Fsp3) is 0.320. The maximum absolute atomic E-state index is 13.4. The van der Waals surface area contributed by atoms with Gasteiger partial charge in [-0.2, -0.15) is 0 Å². The number of carboxylic acid groups (broad SMARTS) is 2. The van der Waals surface area contributed by atoms with Crippen molar-refractivity contribution in [3.63, 3.8) is 0 Å². The zero-order chi connectivity index (χ0) is 27.3. The molecule has 2 unspecified atom stereocenters. The minimum absolute atomic E-state index is 0.0857. The number of aliphatic hydroxyl groups is 2. The normalized spacial score (nSPS) is 15.6. The van der Waals surface area contributed by atoms with Gasteiger partial charge in [-0.3, -0.25) is 14.4 Å².